The quantitative estimate of drug-likeness (QED) is 0.590. The first-order chi connectivity index (χ1) is 12.1. The fourth-order valence-electron chi connectivity index (χ4n) is 2.31. The van der Waals surface area contributed by atoms with Gasteiger partial charge in [0.25, 0.3) is 0 Å². The van der Waals surface area contributed by atoms with Gasteiger partial charge in [-0.05, 0) is 29.8 Å². The average molecular weight is 398 g/mol. The van der Waals surface area contributed by atoms with E-state index < -0.39 is 11.9 Å². The van der Waals surface area contributed by atoms with Gasteiger partial charge in [0, 0.05) is 16.4 Å². The van der Waals surface area contributed by atoms with Gasteiger partial charge in [0.1, 0.15) is 11.9 Å². The van der Waals surface area contributed by atoms with Gasteiger partial charge >= 0.3 is 0 Å². The summed E-state index contributed by atoms with van der Waals surface area (Å²) in [7, 11) is 0. The maximum atomic E-state index is 11.8. The molecule has 0 saturated heterocycles. The minimum absolute atomic E-state index is 0.313. The Hall–Kier alpha value is -2.93. The van der Waals surface area contributed by atoms with Gasteiger partial charge in [-0.2, -0.15) is 4.98 Å². The summed E-state index contributed by atoms with van der Waals surface area (Å²) in [5.74, 6) is 0.416. The molecule has 126 valence electrons. The Labute approximate surface area is 153 Å². The predicted molar refractivity (Wildman–Crippen MR) is 101 cm³/mol. The van der Waals surface area contributed by atoms with E-state index in [0.29, 0.717) is 11.8 Å². The molecule has 6 nitrogen and oxygen atoms in total. The zero-order chi connectivity index (χ0) is 17.6. The molecule has 0 fully saturated rings. The van der Waals surface area contributed by atoms with Crippen molar-refractivity contribution >= 4 is 39.3 Å². The van der Waals surface area contributed by atoms with Crippen molar-refractivity contribution in [1.82, 2.24) is 9.97 Å². The van der Waals surface area contributed by atoms with E-state index in [9.17, 15) is 4.79 Å². The second kappa shape index (κ2) is 7.76. The van der Waals surface area contributed by atoms with E-state index in [1.165, 1.54) is 0 Å². The number of nitrogens with one attached hydrogen (secondary N) is 2. The number of nitrogens with zero attached hydrogens (tertiary/aromatic N) is 2. The number of rotatable bonds is 6. The molecule has 0 radical (unpaired) electrons. The van der Waals surface area contributed by atoms with Crippen LogP contribution in [-0.4, -0.2) is 15.9 Å². The van der Waals surface area contributed by atoms with Gasteiger partial charge in [-0.1, -0.05) is 52.3 Å². The van der Waals surface area contributed by atoms with Crippen LogP contribution in [0.4, 0.5) is 17.5 Å². The van der Waals surface area contributed by atoms with Crippen LogP contribution in [0.25, 0.3) is 0 Å². The Bertz CT molecular complexity index is 872. The largest absolute Gasteiger partial charge is 0.368 e. The summed E-state index contributed by atoms with van der Waals surface area (Å²) in [6, 6.07) is 18.0. The number of halogens is 1. The van der Waals surface area contributed by atoms with E-state index >= 15 is 0 Å². The summed E-state index contributed by atoms with van der Waals surface area (Å²) < 4.78 is 0.961. The molecule has 25 heavy (non-hydrogen) atoms. The second-order valence-corrected chi connectivity index (χ2v) is 6.21. The van der Waals surface area contributed by atoms with E-state index in [-0.39, 0.29) is 0 Å². The van der Waals surface area contributed by atoms with E-state index in [0.717, 1.165) is 15.7 Å². The maximum Gasteiger partial charge on any atom is 0.244 e. The number of hydrogen-bond acceptors (Lipinski definition) is 5. The van der Waals surface area contributed by atoms with Crippen molar-refractivity contribution in [3.8, 4) is 0 Å². The molecule has 1 aromatic heterocycles. The van der Waals surface area contributed by atoms with Gasteiger partial charge in [-0.3, -0.25) is 4.79 Å². The maximum absolute atomic E-state index is 11.8. The lowest BCUT2D eigenvalue weighted by Gasteiger charge is -2.16. The van der Waals surface area contributed by atoms with Gasteiger partial charge in [0.15, 0.2) is 0 Å². The first kappa shape index (κ1) is 16.9. The number of primary amides is 1. The molecule has 1 amide bonds. The van der Waals surface area contributed by atoms with Gasteiger partial charge < -0.3 is 16.4 Å². The van der Waals surface area contributed by atoms with Gasteiger partial charge in [0.2, 0.25) is 11.9 Å². The number of amides is 1. The molecular weight excluding hydrogens is 382 g/mol. The summed E-state index contributed by atoms with van der Waals surface area (Å²) >= 11 is 3.43. The first-order valence-corrected chi connectivity index (χ1v) is 8.37. The summed E-state index contributed by atoms with van der Waals surface area (Å²) in [5.41, 5.74) is 7.15. The summed E-state index contributed by atoms with van der Waals surface area (Å²) in [5, 5.41) is 6.18. The Kier molecular flexibility index (Phi) is 5.25. The lowest BCUT2D eigenvalue weighted by Crippen LogP contribution is -2.28. The monoisotopic (exact) mass is 397 g/mol. The van der Waals surface area contributed by atoms with Gasteiger partial charge in [-0.15, -0.1) is 0 Å². The molecule has 3 rings (SSSR count). The van der Waals surface area contributed by atoms with Crippen LogP contribution in [0.1, 0.15) is 11.6 Å². The Morgan fingerprint density at radius 2 is 1.88 bits per heavy atom. The SMILES string of the molecule is NC(=O)[C@H](Nc1nccc(Nc2cccc(Br)c2)n1)c1ccccc1. The first-order valence-electron chi connectivity index (χ1n) is 7.58. The molecule has 4 N–H and O–H groups in total. The average Bonchev–Trinajstić information content (AvgIpc) is 2.60. The normalized spacial score (nSPS) is 11.6. The highest BCUT2D eigenvalue weighted by Gasteiger charge is 2.18. The Morgan fingerprint density at radius 3 is 2.60 bits per heavy atom. The van der Waals surface area contributed by atoms with Crippen molar-refractivity contribution < 1.29 is 4.79 Å². The number of benzene rings is 2. The number of hydrogen-bond donors (Lipinski definition) is 3. The third-order valence-corrected chi connectivity index (χ3v) is 3.94. The molecular formula is C18H16BrN5O. The van der Waals surface area contributed by atoms with Crippen LogP contribution in [0.15, 0.2) is 71.3 Å². The van der Waals surface area contributed by atoms with E-state index in [1.54, 1.807) is 12.3 Å². The molecule has 2 aromatic carbocycles. The highest BCUT2D eigenvalue weighted by Crippen LogP contribution is 2.21. The Morgan fingerprint density at radius 1 is 1.08 bits per heavy atom. The molecule has 0 spiro atoms. The number of carbonyl (C=O) groups excluding carboxylic acids is 1. The van der Waals surface area contributed by atoms with Crippen LogP contribution in [0.5, 0.6) is 0 Å². The summed E-state index contributed by atoms with van der Waals surface area (Å²) in [6.07, 6.45) is 1.61. The molecule has 0 bridgehead atoms. The highest BCUT2D eigenvalue weighted by atomic mass is 79.9. The fraction of sp³-hybridized carbons (Fsp3) is 0.0556. The molecule has 0 aliphatic rings. The van der Waals surface area contributed by atoms with E-state index in [1.807, 2.05) is 54.6 Å². The number of carbonyl (C=O) groups is 1. The van der Waals surface area contributed by atoms with Crippen molar-refractivity contribution in [1.29, 1.82) is 0 Å². The van der Waals surface area contributed by atoms with Crippen LogP contribution in [0.2, 0.25) is 0 Å². The standard InChI is InChI=1S/C18H16BrN5O/c19-13-7-4-8-14(11-13)22-15-9-10-21-18(23-15)24-16(17(20)25)12-5-2-1-3-6-12/h1-11,16H,(H2,20,25)(H2,21,22,23,24)/t16-/m1/s1. The van der Waals surface area contributed by atoms with Gasteiger partial charge in [-0.25, -0.2) is 4.98 Å². The van der Waals surface area contributed by atoms with Crippen molar-refractivity contribution in [3.05, 3.63) is 76.9 Å². The van der Waals surface area contributed by atoms with Gasteiger partial charge in [0.05, 0.1) is 0 Å². The van der Waals surface area contributed by atoms with E-state index in [4.69, 9.17) is 5.73 Å². The third kappa shape index (κ3) is 4.54. The minimum atomic E-state index is -0.706. The van der Waals surface area contributed by atoms with Crippen LogP contribution < -0.4 is 16.4 Å². The van der Waals surface area contributed by atoms with Crippen LogP contribution >= 0.6 is 15.9 Å². The van der Waals surface area contributed by atoms with Crippen molar-refractivity contribution in [2.45, 2.75) is 6.04 Å². The molecule has 1 atom stereocenters. The lowest BCUT2D eigenvalue weighted by molar-refractivity contribution is -0.118. The smallest absolute Gasteiger partial charge is 0.244 e. The molecule has 1 heterocycles. The molecule has 7 heteroatoms. The third-order valence-electron chi connectivity index (χ3n) is 3.44. The number of nitrogens with two attached hydrogens (primary N) is 1. The van der Waals surface area contributed by atoms with Crippen molar-refractivity contribution in [3.63, 3.8) is 0 Å². The van der Waals surface area contributed by atoms with Crippen LogP contribution in [0.3, 0.4) is 0 Å². The molecule has 0 aliphatic carbocycles. The highest BCUT2D eigenvalue weighted by molar-refractivity contribution is 9.10. The van der Waals surface area contributed by atoms with Crippen molar-refractivity contribution in [2.24, 2.45) is 5.73 Å². The summed E-state index contributed by atoms with van der Waals surface area (Å²) in [4.78, 5) is 20.4. The topological polar surface area (TPSA) is 92.9 Å². The second-order valence-electron chi connectivity index (χ2n) is 5.29. The Balaban J connectivity index is 1.80. The predicted octanol–water partition coefficient (Wildman–Crippen LogP) is 3.62. The molecule has 0 unspecified atom stereocenters. The molecule has 0 saturated carbocycles. The zero-order valence-electron chi connectivity index (χ0n) is 13.2. The number of anilines is 3. The van der Waals surface area contributed by atoms with E-state index in [2.05, 4.69) is 36.5 Å². The van der Waals surface area contributed by atoms with Crippen molar-refractivity contribution in [2.75, 3.05) is 10.6 Å². The summed E-state index contributed by atoms with van der Waals surface area (Å²) in [6.45, 7) is 0. The van der Waals surface area contributed by atoms with Crippen LogP contribution in [0, 0.1) is 0 Å². The minimum Gasteiger partial charge on any atom is -0.368 e. The molecule has 3 aromatic rings. The lowest BCUT2D eigenvalue weighted by atomic mass is 10.1. The zero-order valence-corrected chi connectivity index (χ0v) is 14.8. The molecule has 0 aliphatic heterocycles. The fourth-order valence-corrected chi connectivity index (χ4v) is 2.70. The van der Waals surface area contributed by atoms with Crippen LogP contribution in [-0.2, 0) is 4.79 Å². The number of aromatic nitrogens is 2.